The molecule has 0 bridgehead atoms. The van der Waals surface area contributed by atoms with Gasteiger partial charge in [-0.3, -0.25) is 19.4 Å². The molecule has 3 N–H and O–H groups in total. The molecule has 168 valence electrons. The highest BCUT2D eigenvalue weighted by Crippen LogP contribution is 2.27. The normalized spacial score (nSPS) is 20.4. The lowest BCUT2D eigenvalue weighted by Gasteiger charge is -2.35. The van der Waals surface area contributed by atoms with E-state index >= 15 is 0 Å². The Balaban J connectivity index is 0.00000141. The highest BCUT2D eigenvalue weighted by molar-refractivity contribution is 5.79. The van der Waals surface area contributed by atoms with Gasteiger partial charge in [-0.25, -0.2) is 0 Å². The molecule has 1 aliphatic carbocycles. The molecule has 0 spiro atoms. The van der Waals surface area contributed by atoms with Crippen molar-refractivity contribution < 1.29 is 29.0 Å². The number of methoxy groups -OCH3 is 1. The van der Waals surface area contributed by atoms with E-state index in [1.165, 1.54) is 7.11 Å². The first-order valence-corrected chi connectivity index (χ1v) is 10.2. The number of nitrogens with zero attached hydrogens (tertiary/aromatic N) is 1. The Morgan fingerprint density at radius 2 is 2.00 bits per heavy atom. The zero-order valence-electron chi connectivity index (χ0n) is 17.7. The molecule has 0 radical (unpaired) electrons. The summed E-state index contributed by atoms with van der Waals surface area (Å²) in [7, 11) is 1.50. The molecule has 2 rings (SSSR count). The molecular formula is C21H33N3O6. The van der Waals surface area contributed by atoms with Gasteiger partial charge in [0.25, 0.3) is 6.47 Å². The lowest BCUT2D eigenvalue weighted by Crippen LogP contribution is -2.51. The summed E-state index contributed by atoms with van der Waals surface area (Å²) in [5.41, 5.74) is 1.15. The first kappa shape index (κ1) is 25.5. The minimum absolute atomic E-state index is 0.0376. The van der Waals surface area contributed by atoms with Gasteiger partial charge in [0.05, 0.1) is 12.1 Å². The SMILES string of the molecule is CCCO[C@@H]1C[C@@H](C(=O)NCCc2ccncc2)CC[C@H]1NC(=O)COC.O=CO. The van der Waals surface area contributed by atoms with E-state index < -0.39 is 0 Å². The van der Waals surface area contributed by atoms with Gasteiger partial charge in [-0.1, -0.05) is 6.92 Å². The number of carboxylic acid groups (broad SMARTS) is 1. The van der Waals surface area contributed by atoms with E-state index in [1.54, 1.807) is 12.4 Å². The van der Waals surface area contributed by atoms with Crippen molar-refractivity contribution in [2.24, 2.45) is 5.92 Å². The average molecular weight is 424 g/mol. The molecule has 1 aliphatic rings. The fourth-order valence-corrected chi connectivity index (χ4v) is 3.39. The van der Waals surface area contributed by atoms with Crippen molar-refractivity contribution in [2.75, 3.05) is 26.9 Å². The first-order valence-electron chi connectivity index (χ1n) is 10.2. The number of hydrogen-bond donors (Lipinski definition) is 3. The second kappa shape index (κ2) is 15.3. The van der Waals surface area contributed by atoms with Crippen LogP contribution in [0, 0.1) is 5.92 Å². The van der Waals surface area contributed by atoms with E-state index in [0.29, 0.717) is 19.6 Å². The van der Waals surface area contributed by atoms with E-state index in [2.05, 4.69) is 15.6 Å². The predicted octanol–water partition coefficient (Wildman–Crippen LogP) is 1.17. The maximum atomic E-state index is 12.6. The largest absolute Gasteiger partial charge is 0.483 e. The summed E-state index contributed by atoms with van der Waals surface area (Å²) in [6.07, 6.45) is 7.15. The van der Waals surface area contributed by atoms with Gasteiger partial charge in [0.2, 0.25) is 11.8 Å². The number of aromatic nitrogens is 1. The maximum absolute atomic E-state index is 12.6. The average Bonchev–Trinajstić information content (AvgIpc) is 2.74. The van der Waals surface area contributed by atoms with Gasteiger partial charge >= 0.3 is 0 Å². The van der Waals surface area contributed by atoms with Crippen LogP contribution in [0.5, 0.6) is 0 Å². The van der Waals surface area contributed by atoms with Gasteiger partial charge in [-0.05, 0) is 49.8 Å². The van der Waals surface area contributed by atoms with Crippen LogP contribution in [0.25, 0.3) is 0 Å². The summed E-state index contributed by atoms with van der Waals surface area (Å²) in [4.78, 5) is 36.8. The maximum Gasteiger partial charge on any atom is 0.290 e. The van der Waals surface area contributed by atoms with Gasteiger partial charge in [0, 0.05) is 38.6 Å². The van der Waals surface area contributed by atoms with Crippen molar-refractivity contribution in [3.63, 3.8) is 0 Å². The van der Waals surface area contributed by atoms with Gasteiger partial charge in [-0.15, -0.1) is 0 Å². The Kier molecular flexibility index (Phi) is 13.0. The van der Waals surface area contributed by atoms with Crippen LogP contribution in [0.15, 0.2) is 24.5 Å². The molecule has 1 fully saturated rings. The summed E-state index contributed by atoms with van der Waals surface area (Å²) >= 11 is 0. The number of carbonyl (C=O) groups is 3. The van der Waals surface area contributed by atoms with Crippen molar-refractivity contribution in [3.8, 4) is 0 Å². The molecule has 0 aliphatic heterocycles. The number of carbonyl (C=O) groups excluding carboxylic acids is 2. The predicted molar refractivity (Wildman–Crippen MR) is 111 cm³/mol. The summed E-state index contributed by atoms with van der Waals surface area (Å²) in [5.74, 6) is -0.163. The Bertz CT molecular complexity index is 628. The second-order valence-corrected chi connectivity index (χ2v) is 7.03. The van der Waals surface area contributed by atoms with Crippen LogP contribution in [-0.2, 0) is 30.3 Å². The number of ether oxygens (including phenoxy) is 2. The van der Waals surface area contributed by atoms with Crippen LogP contribution >= 0.6 is 0 Å². The lowest BCUT2D eigenvalue weighted by molar-refractivity contribution is -0.131. The molecule has 9 heteroatoms. The van der Waals surface area contributed by atoms with Gasteiger partial charge in [-0.2, -0.15) is 0 Å². The van der Waals surface area contributed by atoms with Crippen molar-refractivity contribution in [1.29, 1.82) is 0 Å². The quantitative estimate of drug-likeness (QED) is 0.482. The zero-order valence-corrected chi connectivity index (χ0v) is 17.7. The van der Waals surface area contributed by atoms with E-state index in [9.17, 15) is 9.59 Å². The molecule has 1 aromatic heterocycles. The number of amides is 2. The number of nitrogens with one attached hydrogen (secondary N) is 2. The first-order chi connectivity index (χ1) is 14.5. The smallest absolute Gasteiger partial charge is 0.290 e. The van der Waals surface area contributed by atoms with E-state index in [0.717, 1.165) is 31.2 Å². The number of rotatable bonds is 10. The van der Waals surface area contributed by atoms with Crippen LogP contribution in [0.1, 0.15) is 38.2 Å². The monoisotopic (exact) mass is 423 g/mol. The molecular weight excluding hydrogens is 390 g/mol. The molecule has 3 atom stereocenters. The van der Waals surface area contributed by atoms with Crippen molar-refractivity contribution in [3.05, 3.63) is 30.1 Å². The van der Waals surface area contributed by atoms with E-state index in [1.807, 2.05) is 19.1 Å². The summed E-state index contributed by atoms with van der Waals surface area (Å²) in [6, 6.07) is 3.84. The fourth-order valence-electron chi connectivity index (χ4n) is 3.39. The summed E-state index contributed by atoms with van der Waals surface area (Å²) < 4.78 is 10.8. The Hall–Kier alpha value is -2.52. The van der Waals surface area contributed by atoms with Crippen molar-refractivity contribution in [1.82, 2.24) is 15.6 Å². The summed E-state index contributed by atoms with van der Waals surface area (Å²) in [5, 5.41) is 12.9. The van der Waals surface area contributed by atoms with Gasteiger partial charge in [0.15, 0.2) is 0 Å². The Morgan fingerprint density at radius 1 is 1.30 bits per heavy atom. The van der Waals surface area contributed by atoms with E-state index in [4.69, 9.17) is 19.4 Å². The highest BCUT2D eigenvalue weighted by atomic mass is 16.5. The third-order valence-electron chi connectivity index (χ3n) is 4.78. The molecule has 2 amide bonds. The van der Waals surface area contributed by atoms with Crippen LogP contribution in [0.2, 0.25) is 0 Å². The number of pyridine rings is 1. The molecule has 9 nitrogen and oxygen atoms in total. The lowest BCUT2D eigenvalue weighted by atomic mass is 9.83. The molecule has 0 aromatic carbocycles. The molecule has 1 saturated carbocycles. The van der Waals surface area contributed by atoms with Crippen LogP contribution in [0.3, 0.4) is 0 Å². The minimum Gasteiger partial charge on any atom is -0.483 e. The molecule has 1 heterocycles. The molecule has 1 aromatic rings. The van der Waals surface area contributed by atoms with Gasteiger partial charge in [0.1, 0.15) is 6.61 Å². The van der Waals surface area contributed by atoms with Crippen LogP contribution in [0.4, 0.5) is 0 Å². The van der Waals surface area contributed by atoms with Crippen molar-refractivity contribution in [2.45, 2.75) is 51.2 Å². The third kappa shape index (κ3) is 9.80. The van der Waals surface area contributed by atoms with Crippen LogP contribution < -0.4 is 10.6 Å². The third-order valence-corrected chi connectivity index (χ3v) is 4.78. The van der Waals surface area contributed by atoms with Gasteiger partial charge < -0.3 is 25.2 Å². The minimum atomic E-state index is -0.250. The zero-order chi connectivity index (χ0) is 22.2. The Morgan fingerprint density at radius 3 is 2.63 bits per heavy atom. The molecule has 0 unspecified atom stereocenters. The topological polar surface area (TPSA) is 127 Å². The standard InChI is InChI=1S/C20H31N3O4.CH2O2/c1-3-12-27-18-13-16(4-5-17(18)23-19(24)14-26-2)20(25)22-11-8-15-6-9-21-10-7-15;2-1-3/h6-7,9-10,16-18H,3-5,8,11-14H2,1-2H3,(H,22,25)(H,23,24);1H,(H,2,3)/t16-,17+,18+;/m0./s1. The highest BCUT2D eigenvalue weighted by Gasteiger charge is 2.35. The second-order valence-electron chi connectivity index (χ2n) is 7.03. The Labute approximate surface area is 177 Å². The molecule has 0 saturated heterocycles. The van der Waals surface area contributed by atoms with Crippen LogP contribution in [-0.4, -0.2) is 67.4 Å². The number of hydrogen-bond acceptors (Lipinski definition) is 6. The summed E-state index contributed by atoms with van der Waals surface area (Å²) in [6.45, 7) is 3.06. The fraction of sp³-hybridized carbons (Fsp3) is 0.619. The van der Waals surface area contributed by atoms with Crippen molar-refractivity contribution >= 4 is 18.3 Å². The van der Waals surface area contributed by atoms with E-state index in [-0.39, 0.29) is 43.0 Å². The molecule has 30 heavy (non-hydrogen) atoms.